The van der Waals surface area contributed by atoms with Crippen molar-refractivity contribution in [2.75, 3.05) is 7.05 Å². The first kappa shape index (κ1) is 7.24. The molecule has 0 saturated heterocycles. The highest BCUT2D eigenvalue weighted by Crippen LogP contribution is 1.97. The SMILES string of the molecule is CN(O)Cc1cncn1C. The lowest BCUT2D eigenvalue weighted by Gasteiger charge is -2.06. The van der Waals surface area contributed by atoms with Gasteiger partial charge in [-0.15, -0.1) is 0 Å². The summed E-state index contributed by atoms with van der Waals surface area (Å²) in [6.45, 7) is 0.510. The van der Waals surface area contributed by atoms with Crippen LogP contribution < -0.4 is 0 Å². The molecule has 1 aromatic rings. The van der Waals surface area contributed by atoms with Gasteiger partial charge >= 0.3 is 0 Å². The van der Waals surface area contributed by atoms with Crippen LogP contribution in [-0.4, -0.2) is 26.9 Å². The average molecular weight is 141 g/mol. The van der Waals surface area contributed by atoms with Crippen LogP contribution in [0.1, 0.15) is 5.69 Å². The molecule has 0 aromatic carbocycles. The van der Waals surface area contributed by atoms with E-state index in [1.54, 1.807) is 19.6 Å². The quantitative estimate of drug-likeness (QED) is 0.600. The van der Waals surface area contributed by atoms with E-state index in [0.29, 0.717) is 6.54 Å². The van der Waals surface area contributed by atoms with Crippen molar-refractivity contribution in [2.45, 2.75) is 6.54 Å². The van der Waals surface area contributed by atoms with Gasteiger partial charge < -0.3 is 9.77 Å². The lowest BCUT2D eigenvalue weighted by molar-refractivity contribution is -0.0746. The fraction of sp³-hybridized carbons (Fsp3) is 0.500. The van der Waals surface area contributed by atoms with Gasteiger partial charge in [0.05, 0.1) is 18.6 Å². The molecule has 4 nitrogen and oxygen atoms in total. The summed E-state index contributed by atoms with van der Waals surface area (Å²) in [4.78, 5) is 3.90. The van der Waals surface area contributed by atoms with Gasteiger partial charge in [0.1, 0.15) is 0 Å². The van der Waals surface area contributed by atoms with Gasteiger partial charge in [0.15, 0.2) is 0 Å². The molecule has 0 saturated carbocycles. The molecule has 0 atom stereocenters. The Balaban J connectivity index is 2.65. The first-order chi connectivity index (χ1) is 4.70. The number of nitrogens with zero attached hydrogens (tertiary/aromatic N) is 3. The van der Waals surface area contributed by atoms with Gasteiger partial charge in [-0.2, -0.15) is 5.06 Å². The van der Waals surface area contributed by atoms with E-state index >= 15 is 0 Å². The van der Waals surface area contributed by atoms with Gasteiger partial charge in [0, 0.05) is 20.3 Å². The molecule has 0 aliphatic carbocycles. The summed E-state index contributed by atoms with van der Waals surface area (Å²) in [6.07, 6.45) is 3.44. The van der Waals surface area contributed by atoms with E-state index in [1.165, 1.54) is 0 Å². The van der Waals surface area contributed by atoms with Gasteiger partial charge in [-0.3, -0.25) is 0 Å². The zero-order chi connectivity index (χ0) is 7.56. The zero-order valence-electron chi connectivity index (χ0n) is 6.15. The predicted molar refractivity (Wildman–Crippen MR) is 36.5 cm³/mol. The average Bonchev–Trinajstić information content (AvgIpc) is 2.15. The highest BCUT2D eigenvalue weighted by atomic mass is 16.5. The molecule has 0 bridgehead atoms. The standard InChI is InChI=1S/C6H11N3O/c1-8-5-7-3-6(8)4-9(2)10/h3,5,10H,4H2,1-2H3. The van der Waals surface area contributed by atoms with Gasteiger partial charge in [-0.05, 0) is 0 Å². The molecular weight excluding hydrogens is 130 g/mol. The van der Waals surface area contributed by atoms with Crippen LogP contribution in [0, 0.1) is 0 Å². The number of hydrogen-bond donors (Lipinski definition) is 1. The molecule has 10 heavy (non-hydrogen) atoms. The fourth-order valence-electron chi connectivity index (χ4n) is 0.771. The molecule has 0 spiro atoms. The van der Waals surface area contributed by atoms with Crippen molar-refractivity contribution in [3.8, 4) is 0 Å². The maximum absolute atomic E-state index is 8.84. The molecular formula is C6H11N3O. The zero-order valence-corrected chi connectivity index (χ0v) is 6.15. The van der Waals surface area contributed by atoms with E-state index in [4.69, 9.17) is 5.21 Å². The summed E-state index contributed by atoms with van der Waals surface area (Å²) in [6, 6.07) is 0. The summed E-state index contributed by atoms with van der Waals surface area (Å²) in [5.41, 5.74) is 0.991. The van der Waals surface area contributed by atoms with Crippen molar-refractivity contribution in [1.82, 2.24) is 14.6 Å². The smallest absolute Gasteiger partial charge is 0.0945 e. The number of aryl methyl sites for hydroxylation is 1. The second kappa shape index (κ2) is 2.81. The van der Waals surface area contributed by atoms with E-state index in [0.717, 1.165) is 10.8 Å². The van der Waals surface area contributed by atoms with E-state index in [-0.39, 0.29) is 0 Å². The Hall–Kier alpha value is -0.870. The van der Waals surface area contributed by atoms with Gasteiger partial charge in [0.25, 0.3) is 0 Å². The van der Waals surface area contributed by atoms with Crippen molar-refractivity contribution >= 4 is 0 Å². The van der Waals surface area contributed by atoms with Crippen LogP contribution in [0.2, 0.25) is 0 Å². The summed E-state index contributed by atoms with van der Waals surface area (Å²) >= 11 is 0. The molecule has 0 amide bonds. The van der Waals surface area contributed by atoms with Crippen LogP contribution in [0.4, 0.5) is 0 Å². The molecule has 56 valence electrons. The number of aromatic nitrogens is 2. The Kier molecular flexibility index (Phi) is 2.03. The monoisotopic (exact) mass is 141 g/mol. The minimum absolute atomic E-state index is 0.510. The molecule has 4 heteroatoms. The third-order valence-corrected chi connectivity index (χ3v) is 1.31. The Morgan fingerprint density at radius 2 is 2.50 bits per heavy atom. The Morgan fingerprint density at radius 1 is 1.80 bits per heavy atom. The number of hydrogen-bond acceptors (Lipinski definition) is 3. The second-order valence-electron chi connectivity index (χ2n) is 2.31. The molecule has 1 heterocycles. The van der Waals surface area contributed by atoms with E-state index in [9.17, 15) is 0 Å². The van der Waals surface area contributed by atoms with Crippen LogP contribution in [0.5, 0.6) is 0 Å². The topological polar surface area (TPSA) is 41.3 Å². The summed E-state index contributed by atoms with van der Waals surface area (Å²) in [7, 11) is 3.50. The van der Waals surface area contributed by atoms with Crippen molar-refractivity contribution < 1.29 is 5.21 Å². The summed E-state index contributed by atoms with van der Waals surface area (Å²) in [5.74, 6) is 0. The molecule has 0 aliphatic rings. The normalized spacial score (nSPS) is 10.8. The number of imidazole rings is 1. The number of hydroxylamine groups is 2. The first-order valence-electron chi connectivity index (χ1n) is 3.05. The van der Waals surface area contributed by atoms with Crippen LogP contribution in [0.3, 0.4) is 0 Å². The molecule has 0 unspecified atom stereocenters. The van der Waals surface area contributed by atoms with Crippen molar-refractivity contribution in [3.63, 3.8) is 0 Å². The predicted octanol–water partition coefficient (Wildman–Crippen LogP) is 0.241. The van der Waals surface area contributed by atoms with Crippen LogP contribution in [0.25, 0.3) is 0 Å². The highest BCUT2D eigenvalue weighted by Gasteiger charge is 1.98. The highest BCUT2D eigenvalue weighted by molar-refractivity contribution is 4.95. The minimum Gasteiger partial charge on any atom is -0.336 e. The van der Waals surface area contributed by atoms with Crippen LogP contribution >= 0.6 is 0 Å². The largest absolute Gasteiger partial charge is 0.336 e. The molecule has 1 rings (SSSR count). The summed E-state index contributed by atoms with van der Waals surface area (Å²) in [5, 5.41) is 9.96. The van der Waals surface area contributed by atoms with Gasteiger partial charge in [-0.1, -0.05) is 0 Å². The minimum atomic E-state index is 0.510. The molecule has 0 fully saturated rings. The Bertz CT molecular complexity index is 207. The molecule has 0 radical (unpaired) electrons. The van der Waals surface area contributed by atoms with E-state index in [1.807, 2.05) is 11.6 Å². The Morgan fingerprint density at radius 3 is 2.90 bits per heavy atom. The van der Waals surface area contributed by atoms with Gasteiger partial charge in [-0.25, -0.2) is 4.98 Å². The Labute approximate surface area is 59.7 Å². The van der Waals surface area contributed by atoms with Crippen LogP contribution in [0.15, 0.2) is 12.5 Å². The maximum atomic E-state index is 8.84. The number of rotatable bonds is 2. The van der Waals surface area contributed by atoms with Crippen molar-refractivity contribution in [3.05, 3.63) is 18.2 Å². The lowest BCUT2D eigenvalue weighted by Crippen LogP contribution is -2.13. The maximum Gasteiger partial charge on any atom is 0.0945 e. The van der Waals surface area contributed by atoms with E-state index in [2.05, 4.69) is 4.98 Å². The molecule has 1 N–H and O–H groups in total. The third kappa shape index (κ3) is 1.55. The fourth-order valence-corrected chi connectivity index (χ4v) is 0.771. The third-order valence-electron chi connectivity index (χ3n) is 1.31. The van der Waals surface area contributed by atoms with E-state index < -0.39 is 0 Å². The molecule has 0 aliphatic heterocycles. The van der Waals surface area contributed by atoms with Crippen LogP contribution in [-0.2, 0) is 13.6 Å². The molecule has 1 aromatic heterocycles. The van der Waals surface area contributed by atoms with Crippen molar-refractivity contribution in [1.29, 1.82) is 0 Å². The first-order valence-corrected chi connectivity index (χ1v) is 3.05. The summed E-state index contributed by atoms with van der Waals surface area (Å²) < 4.78 is 1.87. The lowest BCUT2D eigenvalue weighted by atomic mass is 10.5. The van der Waals surface area contributed by atoms with Gasteiger partial charge in [0.2, 0.25) is 0 Å². The van der Waals surface area contributed by atoms with Crippen molar-refractivity contribution in [2.24, 2.45) is 7.05 Å². The second-order valence-corrected chi connectivity index (χ2v) is 2.31.